The van der Waals surface area contributed by atoms with E-state index in [1.165, 1.54) is 22.5 Å². The number of hydrogen-bond acceptors (Lipinski definition) is 5. The predicted molar refractivity (Wildman–Crippen MR) is 132 cm³/mol. The zero-order valence-corrected chi connectivity index (χ0v) is 18.5. The number of carbonyl (C=O) groups is 1. The molecular formula is C26H26N4OS. The number of carbonyl (C=O) groups excluding carboxylic acids is 1. The topological polar surface area (TPSA) is 94.0 Å². The largest absolute Gasteiger partial charge is 0.399 e. The van der Waals surface area contributed by atoms with E-state index in [1.807, 2.05) is 66.7 Å². The van der Waals surface area contributed by atoms with Crippen LogP contribution in [0.2, 0.25) is 0 Å². The van der Waals surface area contributed by atoms with Gasteiger partial charge in [0.15, 0.2) is 0 Å². The smallest absolute Gasteiger partial charge is 0.275 e. The molecule has 0 aliphatic carbocycles. The van der Waals surface area contributed by atoms with Gasteiger partial charge in [0.1, 0.15) is 10.7 Å². The van der Waals surface area contributed by atoms with Gasteiger partial charge < -0.3 is 16.8 Å². The van der Waals surface area contributed by atoms with Crippen LogP contribution in [0.15, 0.2) is 84.2 Å². The van der Waals surface area contributed by atoms with Gasteiger partial charge in [0, 0.05) is 16.8 Å². The van der Waals surface area contributed by atoms with Crippen LogP contribution >= 0.6 is 11.3 Å². The van der Waals surface area contributed by atoms with Crippen molar-refractivity contribution < 1.29 is 4.79 Å². The van der Waals surface area contributed by atoms with E-state index in [4.69, 9.17) is 11.5 Å². The van der Waals surface area contributed by atoms with Crippen molar-refractivity contribution in [3.8, 4) is 0 Å². The summed E-state index contributed by atoms with van der Waals surface area (Å²) in [6.45, 7) is 0. The Bertz CT molecular complexity index is 1150. The molecule has 3 aromatic carbocycles. The highest BCUT2D eigenvalue weighted by molar-refractivity contribution is 7.09. The van der Waals surface area contributed by atoms with Crippen molar-refractivity contribution in [2.45, 2.75) is 25.3 Å². The highest BCUT2D eigenvalue weighted by atomic mass is 32.1. The summed E-state index contributed by atoms with van der Waals surface area (Å²) in [5.41, 5.74) is 17.6. The minimum Gasteiger partial charge on any atom is -0.399 e. The molecular weight excluding hydrogens is 416 g/mol. The molecule has 4 aromatic rings. The number of aryl methyl sites for hydroxylation is 2. The fraction of sp³-hybridized carbons (Fsp3) is 0.154. The van der Waals surface area contributed by atoms with Crippen molar-refractivity contribution in [1.82, 2.24) is 4.98 Å². The van der Waals surface area contributed by atoms with Crippen LogP contribution in [0.3, 0.4) is 0 Å². The number of aromatic nitrogens is 1. The van der Waals surface area contributed by atoms with Crippen LogP contribution in [0.25, 0.3) is 0 Å². The molecule has 0 saturated heterocycles. The zero-order chi connectivity index (χ0) is 22.3. The Kier molecular flexibility index (Phi) is 6.94. The summed E-state index contributed by atoms with van der Waals surface area (Å²) < 4.78 is 0. The van der Waals surface area contributed by atoms with Crippen molar-refractivity contribution in [3.63, 3.8) is 0 Å². The highest BCUT2D eigenvalue weighted by Crippen LogP contribution is 2.21. The molecule has 0 bridgehead atoms. The average Bonchev–Trinajstić information content (AvgIpc) is 3.31. The SMILES string of the molecule is Nc1ccc(CCc2ccc(NC(=O)c3csc(C(N)Cc4ccccc4)n3)cc2)cc1. The molecule has 0 aliphatic rings. The summed E-state index contributed by atoms with van der Waals surface area (Å²) in [5, 5.41) is 5.44. The number of thiazole rings is 1. The summed E-state index contributed by atoms with van der Waals surface area (Å²) in [7, 11) is 0. The van der Waals surface area contributed by atoms with Gasteiger partial charge in [0.05, 0.1) is 6.04 Å². The lowest BCUT2D eigenvalue weighted by atomic mass is 10.0. The molecule has 5 N–H and O–H groups in total. The van der Waals surface area contributed by atoms with E-state index < -0.39 is 0 Å². The lowest BCUT2D eigenvalue weighted by molar-refractivity contribution is 0.102. The number of nitrogens with two attached hydrogens (primary N) is 2. The first-order valence-electron chi connectivity index (χ1n) is 10.6. The average molecular weight is 443 g/mol. The second kappa shape index (κ2) is 10.2. The summed E-state index contributed by atoms with van der Waals surface area (Å²) in [4.78, 5) is 17.1. The van der Waals surface area contributed by atoms with Crippen LogP contribution in [-0.2, 0) is 19.3 Å². The van der Waals surface area contributed by atoms with Crippen molar-refractivity contribution >= 4 is 28.6 Å². The molecule has 1 atom stereocenters. The number of rotatable bonds is 8. The third-order valence-electron chi connectivity index (χ3n) is 5.26. The Morgan fingerprint density at radius 1 is 0.875 bits per heavy atom. The number of nitrogen functional groups attached to an aromatic ring is 1. The summed E-state index contributed by atoms with van der Waals surface area (Å²) in [6, 6.07) is 25.7. The van der Waals surface area contributed by atoms with Crippen LogP contribution in [0.1, 0.15) is 38.2 Å². The first-order valence-corrected chi connectivity index (χ1v) is 11.4. The lowest BCUT2D eigenvalue weighted by Gasteiger charge is -2.08. The fourth-order valence-corrected chi connectivity index (χ4v) is 4.24. The summed E-state index contributed by atoms with van der Waals surface area (Å²) >= 11 is 1.42. The van der Waals surface area contributed by atoms with E-state index >= 15 is 0 Å². The van der Waals surface area contributed by atoms with Gasteiger partial charge in [-0.15, -0.1) is 11.3 Å². The lowest BCUT2D eigenvalue weighted by Crippen LogP contribution is -2.15. The maximum Gasteiger partial charge on any atom is 0.275 e. The number of anilines is 2. The maximum absolute atomic E-state index is 12.6. The van der Waals surface area contributed by atoms with E-state index in [0.717, 1.165) is 34.8 Å². The van der Waals surface area contributed by atoms with Crippen LogP contribution in [0.4, 0.5) is 11.4 Å². The quantitative estimate of drug-likeness (QED) is 0.335. The Morgan fingerprint density at radius 2 is 1.50 bits per heavy atom. The van der Waals surface area contributed by atoms with Gasteiger partial charge in [0.2, 0.25) is 0 Å². The minimum absolute atomic E-state index is 0.228. The minimum atomic E-state index is -0.232. The third-order valence-corrected chi connectivity index (χ3v) is 6.24. The number of amides is 1. The molecule has 0 radical (unpaired) electrons. The maximum atomic E-state index is 12.6. The van der Waals surface area contributed by atoms with Crippen molar-refractivity contribution in [3.05, 3.63) is 112 Å². The second-order valence-electron chi connectivity index (χ2n) is 7.76. The summed E-state index contributed by atoms with van der Waals surface area (Å²) in [5.74, 6) is -0.228. The molecule has 0 saturated carbocycles. The molecule has 4 rings (SSSR count). The number of hydrogen-bond donors (Lipinski definition) is 3. The van der Waals surface area contributed by atoms with E-state index in [-0.39, 0.29) is 11.9 Å². The van der Waals surface area contributed by atoms with E-state index in [9.17, 15) is 4.79 Å². The third kappa shape index (κ3) is 5.81. The van der Waals surface area contributed by atoms with E-state index in [1.54, 1.807) is 5.38 Å². The molecule has 1 amide bonds. The van der Waals surface area contributed by atoms with Crippen LogP contribution < -0.4 is 16.8 Å². The molecule has 1 unspecified atom stereocenters. The van der Waals surface area contributed by atoms with Crippen molar-refractivity contribution in [1.29, 1.82) is 0 Å². The summed E-state index contributed by atoms with van der Waals surface area (Å²) in [6.07, 6.45) is 2.55. The Hall–Kier alpha value is -3.48. The van der Waals surface area contributed by atoms with Gasteiger partial charge >= 0.3 is 0 Å². The van der Waals surface area contributed by atoms with Gasteiger partial charge in [-0.3, -0.25) is 4.79 Å². The van der Waals surface area contributed by atoms with Gasteiger partial charge in [0.25, 0.3) is 5.91 Å². The fourth-order valence-electron chi connectivity index (χ4n) is 3.44. The number of nitrogens with zero attached hydrogens (tertiary/aromatic N) is 1. The second-order valence-corrected chi connectivity index (χ2v) is 8.65. The Morgan fingerprint density at radius 3 is 2.16 bits per heavy atom. The first kappa shape index (κ1) is 21.7. The van der Waals surface area contributed by atoms with Gasteiger partial charge in [-0.2, -0.15) is 0 Å². The van der Waals surface area contributed by atoms with Crippen molar-refractivity contribution in [2.24, 2.45) is 5.73 Å². The van der Waals surface area contributed by atoms with Crippen LogP contribution in [-0.4, -0.2) is 10.9 Å². The standard InChI is InChI=1S/C26H26N4OS/c27-21-12-8-18(9-13-21)6-7-19-10-14-22(15-11-19)29-25(31)24-17-32-26(30-24)23(28)16-20-4-2-1-3-5-20/h1-5,8-15,17,23H,6-7,16,27-28H2,(H,29,31). The normalized spacial score (nSPS) is 11.8. The highest BCUT2D eigenvalue weighted by Gasteiger charge is 2.16. The molecule has 5 nitrogen and oxygen atoms in total. The van der Waals surface area contributed by atoms with Crippen LogP contribution in [0.5, 0.6) is 0 Å². The van der Waals surface area contributed by atoms with Crippen molar-refractivity contribution in [2.75, 3.05) is 11.1 Å². The predicted octanol–water partition coefficient (Wildman–Crippen LogP) is 5.01. The van der Waals surface area contributed by atoms with Gasteiger partial charge in [-0.1, -0.05) is 54.6 Å². The van der Waals surface area contributed by atoms with E-state index in [0.29, 0.717) is 12.1 Å². The molecule has 162 valence electrons. The molecule has 0 fully saturated rings. The first-order chi connectivity index (χ1) is 15.6. The molecule has 0 spiro atoms. The number of benzene rings is 3. The Labute approximate surface area is 192 Å². The monoisotopic (exact) mass is 442 g/mol. The molecule has 1 aromatic heterocycles. The molecule has 6 heteroatoms. The molecule has 1 heterocycles. The van der Waals surface area contributed by atoms with Gasteiger partial charge in [-0.25, -0.2) is 4.98 Å². The van der Waals surface area contributed by atoms with Gasteiger partial charge in [-0.05, 0) is 60.2 Å². The molecule has 0 aliphatic heterocycles. The molecule has 32 heavy (non-hydrogen) atoms. The van der Waals surface area contributed by atoms with E-state index in [2.05, 4.69) is 22.4 Å². The van der Waals surface area contributed by atoms with Crippen LogP contribution in [0, 0.1) is 0 Å². The zero-order valence-electron chi connectivity index (χ0n) is 17.7. The Balaban J connectivity index is 1.31. The number of nitrogens with one attached hydrogen (secondary N) is 1.